The standard InChI is InChI=1S/C17H22ClN3O3S2/c1-11-5-7-21(8-6-11)17(25)26-10-15(22)24-12(2)16(23)20-14-4-3-13(18)9-19-14/h3-4,9,11-12H,5-8,10H2,1-2H3,(H,19,20,23)/t12-/m1/s1. The number of nitrogens with zero attached hydrogens (tertiary/aromatic N) is 2. The molecule has 9 heteroatoms. The largest absolute Gasteiger partial charge is 0.452 e. The van der Waals surface area contributed by atoms with Crippen molar-refractivity contribution in [2.75, 3.05) is 24.2 Å². The smallest absolute Gasteiger partial charge is 0.317 e. The number of carbonyl (C=O) groups is 2. The van der Waals surface area contributed by atoms with Crippen LogP contribution < -0.4 is 5.32 Å². The van der Waals surface area contributed by atoms with Gasteiger partial charge in [-0.25, -0.2) is 4.98 Å². The van der Waals surface area contributed by atoms with E-state index in [1.165, 1.54) is 24.9 Å². The number of carbonyl (C=O) groups excluding carboxylic acids is 2. The Kier molecular flexibility index (Phi) is 8.12. The number of thiocarbonyl (C=S) groups is 1. The summed E-state index contributed by atoms with van der Waals surface area (Å²) in [6.07, 6.45) is 2.72. The molecule has 1 aliphatic rings. The van der Waals surface area contributed by atoms with Crippen molar-refractivity contribution < 1.29 is 14.3 Å². The Labute approximate surface area is 168 Å². The van der Waals surface area contributed by atoms with Gasteiger partial charge in [0.25, 0.3) is 5.91 Å². The second-order valence-electron chi connectivity index (χ2n) is 6.21. The third-order valence-corrected chi connectivity index (χ3v) is 5.73. The Bertz CT molecular complexity index is 649. The van der Waals surface area contributed by atoms with Crippen LogP contribution in [0.4, 0.5) is 5.82 Å². The fraction of sp³-hybridized carbons (Fsp3) is 0.529. The first kappa shape index (κ1) is 20.9. The van der Waals surface area contributed by atoms with Crippen molar-refractivity contribution in [1.29, 1.82) is 0 Å². The van der Waals surface area contributed by atoms with Crippen molar-refractivity contribution in [3.8, 4) is 0 Å². The molecule has 2 heterocycles. The van der Waals surface area contributed by atoms with E-state index < -0.39 is 18.0 Å². The zero-order valence-electron chi connectivity index (χ0n) is 14.7. The lowest BCUT2D eigenvalue weighted by Gasteiger charge is -2.31. The Morgan fingerprint density at radius 1 is 1.46 bits per heavy atom. The zero-order chi connectivity index (χ0) is 19.1. The molecule has 1 fully saturated rings. The van der Waals surface area contributed by atoms with Gasteiger partial charge in [-0.3, -0.25) is 9.59 Å². The van der Waals surface area contributed by atoms with Crippen molar-refractivity contribution >= 4 is 57.6 Å². The molecule has 0 spiro atoms. The van der Waals surface area contributed by atoms with Crippen LogP contribution in [-0.4, -0.2) is 51.0 Å². The van der Waals surface area contributed by atoms with Crippen LogP contribution in [0, 0.1) is 5.92 Å². The Hall–Kier alpha value is -1.38. The minimum absolute atomic E-state index is 0.0850. The van der Waals surface area contributed by atoms with Crippen molar-refractivity contribution in [3.05, 3.63) is 23.4 Å². The molecule has 0 bridgehead atoms. The molecule has 26 heavy (non-hydrogen) atoms. The van der Waals surface area contributed by atoms with Crippen LogP contribution in [0.25, 0.3) is 0 Å². The van der Waals surface area contributed by atoms with Crippen molar-refractivity contribution in [1.82, 2.24) is 9.88 Å². The summed E-state index contributed by atoms with van der Waals surface area (Å²) in [5, 5.41) is 3.04. The first-order valence-electron chi connectivity index (χ1n) is 8.38. The molecule has 142 valence electrons. The Morgan fingerprint density at radius 2 is 2.15 bits per heavy atom. The SMILES string of the molecule is CC1CCN(C(=S)SCC(=O)O[C@H](C)C(=O)Nc2ccc(Cl)cn2)CC1. The number of nitrogens with one attached hydrogen (secondary N) is 1. The fourth-order valence-corrected chi connectivity index (χ4v) is 3.51. The fourth-order valence-electron chi connectivity index (χ4n) is 2.37. The van der Waals surface area contributed by atoms with Gasteiger partial charge >= 0.3 is 5.97 Å². The van der Waals surface area contributed by atoms with E-state index in [-0.39, 0.29) is 5.75 Å². The number of piperidine rings is 1. The van der Waals surface area contributed by atoms with Gasteiger partial charge in [0.2, 0.25) is 0 Å². The monoisotopic (exact) mass is 415 g/mol. The van der Waals surface area contributed by atoms with Gasteiger partial charge in [0.05, 0.1) is 10.8 Å². The van der Waals surface area contributed by atoms with E-state index in [4.69, 9.17) is 28.6 Å². The number of amides is 1. The first-order chi connectivity index (χ1) is 12.3. The summed E-state index contributed by atoms with van der Waals surface area (Å²) in [5.41, 5.74) is 0. The quantitative estimate of drug-likeness (QED) is 0.584. The number of ether oxygens (including phenoxy) is 1. The number of halogens is 1. The normalized spacial score (nSPS) is 16.0. The summed E-state index contributed by atoms with van der Waals surface area (Å²) in [6, 6.07) is 3.18. The molecule has 1 aliphatic heterocycles. The number of pyridine rings is 1. The Balaban J connectivity index is 1.71. The summed E-state index contributed by atoms with van der Waals surface area (Å²) in [4.78, 5) is 30.1. The van der Waals surface area contributed by atoms with Crippen molar-refractivity contribution in [2.24, 2.45) is 5.92 Å². The van der Waals surface area contributed by atoms with E-state index in [9.17, 15) is 9.59 Å². The van der Waals surface area contributed by atoms with Crippen LogP contribution in [0.15, 0.2) is 18.3 Å². The number of likely N-dealkylation sites (tertiary alicyclic amines) is 1. The number of anilines is 1. The highest BCUT2D eigenvalue weighted by molar-refractivity contribution is 8.23. The summed E-state index contributed by atoms with van der Waals surface area (Å²) in [7, 11) is 0. The number of hydrogen-bond acceptors (Lipinski definition) is 6. The molecular weight excluding hydrogens is 394 g/mol. The molecule has 6 nitrogen and oxygen atoms in total. The molecule has 1 N–H and O–H groups in total. The highest BCUT2D eigenvalue weighted by Crippen LogP contribution is 2.20. The topological polar surface area (TPSA) is 71.5 Å². The molecule has 2 rings (SSSR count). The van der Waals surface area contributed by atoms with Crippen LogP contribution in [0.5, 0.6) is 0 Å². The average Bonchev–Trinajstić information content (AvgIpc) is 2.62. The van der Waals surface area contributed by atoms with E-state index in [1.54, 1.807) is 12.1 Å². The van der Waals surface area contributed by atoms with Gasteiger partial charge in [0, 0.05) is 19.3 Å². The number of aromatic nitrogens is 1. The average molecular weight is 416 g/mol. The molecule has 0 radical (unpaired) electrons. The summed E-state index contributed by atoms with van der Waals surface area (Å²) < 4.78 is 5.86. The van der Waals surface area contributed by atoms with Gasteiger partial charge < -0.3 is 15.0 Å². The van der Waals surface area contributed by atoms with Crippen molar-refractivity contribution in [2.45, 2.75) is 32.8 Å². The maximum absolute atomic E-state index is 12.0. The van der Waals surface area contributed by atoms with Crippen LogP contribution in [0.2, 0.25) is 5.02 Å². The van der Waals surface area contributed by atoms with E-state index in [0.717, 1.165) is 31.8 Å². The van der Waals surface area contributed by atoms with Gasteiger partial charge in [-0.2, -0.15) is 0 Å². The van der Waals surface area contributed by atoms with E-state index in [2.05, 4.69) is 22.1 Å². The highest BCUT2D eigenvalue weighted by Gasteiger charge is 2.21. The second kappa shape index (κ2) is 10.1. The molecule has 0 aromatic carbocycles. The van der Waals surface area contributed by atoms with Crippen molar-refractivity contribution in [3.63, 3.8) is 0 Å². The maximum atomic E-state index is 12.0. The predicted octanol–water partition coefficient (Wildman–Crippen LogP) is 3.36. The Morgan fingerprint density at radius 3 is 2.77 bits per heavy atom. The summed E-state index contributed by atoms with van der Waals surface area (Å²) in [5.74, 6) is 0.220. The van der Waals surface area contributed by atoms with Gasteiger partial charge in [-0.15, -0.1) is 0 Å². The van der Waals surface area contributed by atoms with E-state index >= 15 is 0 Å². The molecule has 0 unspecified atom stereocenters. The number of thioether (sulfide) groups is 1. The maximum Gasteiger partial charge on any atom is 0.317 e. The minimum Gasteiger partial charge on any atom is -0.452 e. The third-order valence-electron chi connectivity index (χ3n) is 4.01. The third kappa shape index (κ3) is 6.74. The van der Waals surface area contributed by atoms with E-state index in [0.29, 0.717) is 15.2 Å². The lowest BCUT2D eigenvalue weighted by molar-refractivity contribution is -0.150. The van der Waals surface area contributed by atoms with Crippen LogP contribution in [0.3, 0.4) is 0 Å². The zero-order valence-corrected chi connectivity index (χ0v) is 17.1. The lowest BCUT2D eigenvalue weighted by Crippen LogP contribution is -2.36. The molecule has 1 saturated heterocycles. The number of rotatable bonds is 5. The number of hydrogen-bond donors (Lipinski definition) is 1. The first-order valence-corrected chi connectivity index (χ1v) is 10.2. The molecule has 1 aromatic rings. The molecule has 0 aliphatic carbocycles. The van der Waals surface area contributed by atoms with Crippen LogP contribution in [0.1, 0.15) is 26.7 Å². The number of esters is 1. The van der Waals surface area contributed by atoms with Gasteiger partial charge in [0.1, 0.15) is 10.1 Å². The van der Waals surface area contributed by atoms with Gasteiger partial charge in [0.15, 0.2) is 6.10 Å². The summed E-state index contributed by atoms with van der Waals surface area (Å²) >= 11 is 12.4. The van der Waals surface area contributed by atoms with Gasteiger partial charge in [-0.1, -0.05) is 42.5 Å². The molecule has 1 amide bonds. The lowest BCUT2D eigenvalue weighted by atomic mass is 10.00. The molecule has 1 atom stereocenters. The van der Waals surface area contributed by atoms with E-state index in [1.807, 2.05) is 0 Å². The highest BCUT2D eigenvalue weighted by atomic mass is 35.5. The molecular formula is C17H22ClN3O3S2. The molecule has 1 aromatic heterocycles. The predicted molar refractivity (Wildman–Crippen MR) is 108 cm³/mol. The van der Waals surface area contributed by atoms with Crippen LogP contribution >= 0.6 is 35.6 Å². The van der Waals surface area contributed by atoms with Crippen LogP contribution in [-0.2, 0) is 14.3 Å². The molecule has 0 saturated carbocycles. The summed E-state index contributed by atoms with van der Waals surface area (Å²) in [6.45, 7) is 5.60. The second-order valence-corrected chi connectivity index (χ2v) is 8.25. The van der Waals surface area contributed by atoms with Gasteiger partial charge in [-0.05, 0) is 37.8 Å². The minimum atomic E-state index is -0.926.